The van der Waals surface area contributed by atoms with Crippen LogP contribution in [0.3, 0.4) is 0 Å². The summed E-state index contributed by atoms with van der Waals surface area (Å²) in [5.41, 5.74) is 5.29. The van der Waals surface area contributed by atoms with Gasteiger partial charge in [0.25, 0.3) is 5.69 Å². The van der Waals surface area contributed by atoms with E-state index in [1.54, 1.807) is 24.5 Å². The normalized spacial score (nSPS) is 12.2. The Kier molecular flexibility index (Phi) is 5.05. The molecule has 6 nitrogen and oxygen atoms in total. The third-order valence-electron chi connectivity index (χ3n) is 5.38. The zero-order valence-electron chi connectivity index (χ0n) is 17.1. The van der Waals surface area contributed by atoms with Gasteiger partial charge < -0.3 is 4.55 Å². The summed E-state index contributed by atoms with van der Waals surface area (Å²) >= 11 is -1.20. The van der Waals surface area contributed by atoms with Gasteiger partial charge in [-0.1, -0.05) is 48.5 Å². The number of aromatic nitrogens is 2. The van der Waals surface area contributed by atoms with Crippen LogP contribution in [0.1, 0.15) is 0 Å². The average Bonchev–Trinajstić information content (AvgIpc) is 2.82. The second kappa shape index (κ2) is 8.03. The summed E-state index contributed by atoms with van der Waals surface area (Å²) in [7, 11) is 0. The predicted molar refractivity (Wildman–Crippen MR) is 127 cm³/mol. The first-order valence-corrected chi connectivity index (χ1v) is 11.5. The lowest BCUT2D eigenvalue weighted by molar-refractivity contribution is -0.384. The van der Waals surface area contributed by atoms with Gasteiger partial charge >= 0.3 is 0 Å². The summed E-state index contributed by atoms with van der Waals surface area (Å²) in [5, 5.41) is 11.7. The van der Waals surface area contributed by atoms with Crippen LogP contribution in [0.15, 0.2) is 89.8 Å². The number of hydrogen-bond acceptors (Lipinski definition) is 5. The highest BCUT2D eigenvalue weighted by atomic mass is 32.2. The molecule has 1 unspecified atom stereocenters. The Balaban J connectivity index is 1.90. The van der Waals surface area contributed by atoms with Crippen molar-refractivity contribution in [2.24, 2.45) is 0 Å². The van der Waals surface area contributed by atoms with Crippen molar-refractivity contribution in [3.8, 4) is 22.3 Å². The minimum Gasteiger partial charge on any atom is -0.612 e. The van der Waals surface area contributed by atoms with Crippen molar-refractivity contribution < 1.29 is 9.48 Å². The molecule has 5 rings (SSSR count). The third kappa shape index (κ3) is 3.37. The molecule has 1 atom stereocenters. The molecule has 5 aromatic rings. The summed E-state index contributed by atoms with van der Waals surface area (Å²) in [6.45, 7) is 0. The molecule has 1 aromatic heterocycles. The first kappa shape index (κ1) is 20.1. The van der Waals surface area contributed by atoms with Crippen molar-refractivity contribution in [3.05, 3.63) is 95.0 Å². The molecule has 0 aliphatic rings. The molecule has 0 saturated carbocycles. The Labute approximate surface area is 186 Å². The van der Waals surface area contributed by atoms with Crippen molar-refractivity contribution in [1.82, 2.24) is 9.97 Å². The van der Waals surface area contributed by atoms with Crippen LogP contribution in [-0.4, -0.2) is 25.7 Å². The minimum atomic E-state index is -1.20. The Morgan fingerprint density at radius 1 is 0.688 bits per heavy atom. The van der Waals surface area contributed by atoms with Crippen LogP contribution in [0.4, 0.5) is 5.69 Å². The third-order valence-corrected chi connectivity index (χ3v) is 6.35. The minimum absolute atomic E-state index is 0.00608. The van der Waals surface area contributed by atoms with Crippen LogP contribution in [0, 0.1) is 10.1 Å². The molecule has 0 aliphatic carbocycles. The number of hydrogen-bond donors (Lipinski definition) is 0. The summed E-state index contributed by atoms with van der Waals surface area (Å²) in [4.78, 5) is 21.7. The van der Waals surface area contributed by atoms with Crippen molar-refractivity contribution in [3.63, 3.8) is 0 Å². The summed E-state index contributed by atoms with van der Waals surface area (Å²) in [5.74, 6) is 0. The number of nitro benzene ring substituents is 1. The summed E-state index contributed by atoms with van der Waals surface area (Å²) < 4.78 is 12.4. The van der Waals surface area contributed by atoms with Crippen LogP contribution in [0.5, 0.6) is 0 Å². The zero-order valence-corrected chi connectivity index (χ0v) is 17.9. The largest absolute Gasteiger partial charge is 0.612 e. The Bertz CT molecular complexity index is 1500. The lowest BCUT2D eigenvalue weighted by Crippen LogP contribution is -2.01. The first-order chi connectivity index (χ1) is 15.5. The van der Waals surface area contributed by atoms with Gasteiger partial charge in [0.1, 0.15) is 6.26 Å². The quantitative estimate of drug-likeness (QED) is 0.154. The molecular weight excluding hydrogens is 422 g/mol. The molecule has 0 amide bonds. The van der Waals surface area contributed by atoms with Crippen LogP contribution >= 0.6 is 0 Å². The SMILES string of the molecule is C[S+]([O-])c1ccccc1-c1ccc(-c2ccccc2[N+](=O)[O-])c2nc3ccccc3nc12. The fraction of sp³-hybridized carbons (Fsp3) is 0.0400. The van der Waals surface area contributed by atoms with Crippen LogP contribution < -0.4 is 0 Å². The lowest BCUT2D eigenvalue weighted by Gasteiger charge is -2.14. The molecule has 0 aliphatic heterocycles. The maximum atomic E-state index is 12.4. The van der Waals surface area contributed by atoms with Crippen molar-refractivity contribution in [2.75, 3.05) is 6.26 Å². The molecule has 1 heterocycles. The molecule has 32 heavy (non-hydrogen) atoms. The van der Waals surface area contributed by atoms with E-state index in [9.17, 15) is 14.7 Å². The van der Waals surface area contributed by atoms with Gasteiger partial charge in [-0.15, -0.1) is 0 Å². The van der Waals surface area contributed by atoms with E-state index >= 15 is 0 Å². The van der Waals surface area contributed by atoms with Crippen molar-refractivity contribution in [1.29, 1.82) is 0 Å². The molecule has 0 fully saturated rings. The van der Waals surface area contributed by atoms with Gasteiger partial charge in [0.2, 0.25) is 0 Å². The zero-order chi connectivity index (χ0) is 22.2. The average molecular weight is 439 g/mol. The van der Waals surface area contributed by atoms with Crippen LogP contribution in [0.25, 0.3) is 44.3 Å². The number of rotatable bonds is 4. The van der Waals surface area contributed by atoms with Gasteiger partial charge in [-0.25, -0.2) is 9.97 Å². The molecule has 4 aromatic carbocycles. The van der Waals surface area contributed by atoms with E-state index in [4.69, 9.17) is 9.97 Å². The highest BCUT2D eigenvalue weighted by Gasteiger charge is 2.22. The summed E-state index contributed by atoms with van der Waals surface area (Å²) in [6.07, 6.45) is 1.64. The first-order valence-electron chi connectivity index (χ1n) is 9.90. The molecule has 0 saturated heterocycles. The Morgan fingerprint density at radius 2 is 1.19 bits per heavy atom. The number of fused-ring (bicyclic) bond motifs is 2. The van der Waals surface area contributed by atoms with Gasteiger partial charge in [0.05, 0.1) is 32.6 Å². The standard InChI is InChI=1S/C25H17N3O3S/c1-32(31)23-13-7-3-9-17(23)19-15-14-18(16-8-2-6-12-22(16)28(29)30)24-25(19)27-21-11-5-4-10-20(21)26-24/h2-15H,1H3. The topological polar surface area (TPSA) is 92.0 Å². The molecule has 0 N–H and O–H groups in total. The van der Waals surface area contributed by atoms with Gasteiger partial charge in [-0.05, 0) is 41.5 Å². The van der Waals surface area contributed by atoms with Gasteiger partial charge in [0.15, 0.2) is 4.90 Å². The number of nitro groups is 1. The molecule has 0 spiro atoms. The maximum Gasteiger partial charge on any atom is 0.277 e. The van der Waals surface area contributed by atoms with E-state index in [1.807, 2.05) is 60.7 Å². The number of benzene rings is 4. The van der Waals surface area contributed by atoms with Crippen LogP contribution in [0.2, 0.25) is 0 Å². The molecule has 7 heteroatoms. The van der Waals surface area contributed by atoms with Crippen molar-refractivity contribution in [2.45, 2.75) is 4.90 Å². The lowest BCUT2D eigenvalue weighted by atomic mass is 9.96. The number of para-hydroxylation sites is 3. The van der Waals surface area contributed by atoms with Gasteiger partial charge in [0, 0.05) is 22.8 Å². The van der Waals surface area contributed by atoms with E-state index in [-0.39, 0.29) is 10.6 Å². The smallest absolute Gasteiger partial charge is 0.277 e. The second-order valence-electron chi connectivity index (χ2n) is 7.29. The van der Waals surface area contributed by atoms with E-state index in [0.29, 0.717) is 32.6 Å². The second-order valence-corrected chi connectivity index (χ2v) is 8.64. The van der Waals surface area contributed by atoms with E-state index in [1.165, 1.54) is 6.07 Å². The predicted octanol–water partition coefficient (Wildman–Crippen LogP) is 5.76. The van der Waals surface area contributed by atoms with E-state index < -0.39 is 11.2 Å². The van der Waals surface area contributed by atoms with Crippen molar-refractivity contribution >= 4 is 38.9 Å². The van der Waals surface area contributed by atoms with Crippen LogP contribution in [-0.2, 0) is 11.2 Å². The Morgan fingerprint density at radius 3 is 1.78 bits per heavy atom. The molecular formula is C25H17N3O3S. The highest BCUT2D eigenvalue weighted by Crippen LogP contribution is 2.39. The molecule has 156 valence electrons. The van der Waals surface area contributed by atoms with E-state index in [0.717, 1.165) is 16.6 Å². The number of nitrogens with zero attached hydrogens (tertiary/aromatic N) is 3. The Hall–Kier alpha value is -3.81. The fourth-order valence-electron chi connectivity index (χ4n) is 3.94. The molecule has 0 bridgehead atoms. The van der Waals surface area contributed by atoms with Gasteiger partial charge in [-0.3, -0.25) is 10.1 Å². The summed E-state index contributed by atoms with van der Waals surface area (Å²) in [6, 6.07) is 25.3. The van der Waals surface area contributed by atoms with Gasteiger partial charge in [-0.2, -0.15) is 0 Å². The van der Waals surface area contributed by atoms with E-state index in [2.05, 4.69) is 0 Å². The monoisotopic (exact) mass is 439 g/mol. The highest BCUT2D eigenvalue weighted by molar-refractivity contribution is 7.90. The maximum absolute atomic E-state index is 12.4. The fourth-order valence-corrected chi connectivity index (χ4v) is 4.69. The molecule has 0 radical (unpaired) electrons.